The Bertz CT molecular complexity index is 1440. The summed E-state index contributed by atoms with van der Waals surface area (Å²) in [6.45, 7) is 6.42. The average molecular weight is 1020 g/mol. The lowest BCUT2D eigenvalue weighted by atomic mass is 10.0. The quantitative estimate of drug-likeness (QED) is 0.0261. The van der Waals surface area contributed by atoms with Crippen molar-refractivity contribution in [3.05, 3.63) is 97.2 Å². The van der Waals surface area contributed by atoms with Gasteiger partial charge in [-0.05, 0) is 103 Å². The Kier molecular flexibility index (Phi) is 57.8. The van der Waals surface area contributed by atoms with Crippen LogP contribution in [0, 0.1) is 0 Å². The van der Waals surface area contributed by atoms with Gasteiger partial charge < -0.3 is 14.2 Å². The summed E-state index contributed by atoms with van der Waals surface area (Å²) in [5.41, 5.74) is 0. The van der Waals surface area contributed by atoms with Crippen LogP contribution < -0.4 is 0 Å². The van der Waals surface area contributed by atoms with Crippen molar-refractivity contribution in [3.63, 3.8) is 0 Å². The summed E-state index contributed by atoms with van der Waals surface area (Å²) >= 11 is 0. The maximum Gasteiger partial charge on any atom is 0.306 e. The fourth-order valence-electron chi connectivity index (χ4n) is 8.48. The number of hydrogen-bond donors (Lipinski definition) is 0. The molecule has 0 aliphatic rings. The zero-order valence-corrected chi connectivity index (χ0v) is 47.9. The van der Waals surface area contributed by atoms with Crippen molar-refractivity contribution in [2.45, 2.75) is 297 Å². The van der Waals surface area contributed by atoms with E-state index in [2.05, 4.69) is 118 Å². The minimum absolute atomic E-state index is 0.0790. The molecule has 0 N–H and O–H groups in total. The normalized spacial score (nSPS) is 12.8. The number of rotatable bonds is 55. The van der Waals surface area contributed by atoms with Crippen molar-refractivity contribution in [1.29, 1.82) is 0 Å². The van der Waals surface area contributed by atoms with Crippen LogP contribution in [-0.2, 0) is 28.6 Å². The van der Waals surface area contributed by atoms with E-state index in [9.17, 15) is 14.4 Å². The Morgan fingerprint density at radius 2 is 0.534 bits per heavy atom. The molecule has 1 atom stereocenters. The van der Waals surface area contributed by atoms with Gasteiger partial charge >= 0.3 is 17.9 Å². The van der Waals surface area contributed by atoms with Gasteiger partial charge in [0.1, 0.15) is 13.2 Å². The first-order chi connectivity index (χ1) is 36.0. The van der Waals surface area contributed by atoms with Gasteiger partial charge in [-0.2, -0.15) is 0 Å². The van der Waals surface area contributed by atoms with Crippen LogP contribution in [-0.4, -0.2) is 37.2 Å². The third kappa shape index (κ3) is 59.1. The molecule has 0 aliphatic heterocycles. The Morgan fingerprint density at radius 3 is 0.863 bits per heavy atom. The number of allylic oxidation sites excluding steroid dienone is 16. The third-order valence-corrected chi connectivity index (χ3v) is 13.1. The number of hydrogen-bond acceptors (Lipinski definition) is 6. The van der Waals surface area contributed by atoms with Gasteiger partial charge in [0.2, 0.25) is 0 Å². The molecular weight excluding hydrogens is 901 g/mol. The van der Waals surface area contributed by atoms with Crippen molar-refractivity contribution in [2.24, 2.45) is 0 Å². The number of carbonyl (C=O) groups excluding carboxylic acids is 3. The van der Waals surface area contributed by atoms with Crippen LogP contribution in [0.5, 0.6) is 0 Å². The second-order valence-corrected chi connectivity index (χ2v) is 20.2. The topological polar surface area (TPSA) is 78.9 Å². The number of unbranched alkanes of at least 4 members (excludes halogenated alkanes) is 28. The molecule has 0 aliphatic carbocycles. The van der Waals surface area contributed by atoms with Crippen LogP contribution in [0.1, 0.15) is 290 Å². The minimum Gasteiger partial charge on any atom is -0.462 e. The molecule has 0 saturated heterocycles. The van der Waals surface area contributed by atoms with Crippen molar-refractivity contribution >= 4 is 17.9 Å². The Labute approximate surface area is 451 Å². The van der Waals surface area contributed by atoms with E-state index in [1.54, 1.807) is 0 Å². The predicted octanol–water partition coefficient (Wildman–Crippen LogP) is 20.9. The fourth-order valence-corrected chi connectivity index (χ4v) is 8.48. The molecule has 0 bridgehead atoms. The summed E-state index contributed by atoms with van der Waals surface area (Å²) in [6.07, 6.45) is 81.7. The fraction of sp³-hybridized carbons (Fsp3) is 0.716. The molecule has 0 rings (SSSR count). The van der Waals surface area contributed by atoms with E-state index in [0.717, 1.165) is 116 Å². The van der Waals surface area contributed by atoms with Crippen LogP contribution in [0.25, 0.3) is 0 Å². The first kappa shape index (κ1) is 69.3. The van der Waals surface area contributed by atoms with Gasteiger partial charge in [0.15, 0.2) is 6.10 Å². The second-order valence-electron chi connectivity index (χ2n) is 20.2. The Hall–Kier alpha value is -3.67. The summed E-state index contributed by atoms with van der Waals surface area (Å²) in [6, 6.07) is 0. The predicted molar refractivity (Wildman–Crippen MR) is 316 cm³/mol. The van der Waals surface area contributed by atoms with Gasteiger partial charge in [0.25, 0.3) is 0 Å². The van der Waals surface area contributed by atoms with Crippen molar-refractivity contribution in [1.82, 2.24) is 0 Å². The standard InChI is InChI=1S/C67H114O6/c1-4-7-10-13-15-17-19-21-23-25-26-27-28-29-30-31-32-33-34-35-36-37-38-39-40-42-43-45-47-49-51-54-57-60-66(69)72-63-64(62-71-65(68)59-56-53-12-9-6-3)73-67(70)61-58-55-52-50-48-46-44-41-24-22-20-18-16-14-11-8-5-2/h7,10,15-18,21-24,26-27,29-30,32-33,64H,4-6,8-9,11-14,19-20,25,28,31,34-63H2,1-3H3/b10-7-,17-15-,18-16-,23-21-,24-22-,27-26-,30-29-,33-32-. The van der Waals surface area contributed by atoms with Gasteiger partial charge in [0, 0.05) is 19.3 Å². The zero-order chi connectivity index (χ0) is 52.9. The minimum atomic E-state index is -0.777. The number of ether oxygens (including phenoxy) is 3. The van der Waals surface area contributed by atoms with Crippen LogP contribution in [0.4, 0.5) is 0 Å². The van der Waals surface area contributed by atoms with Crippen molar-refractivity contribution in [2.75, 3.05) is 13.2 Å². The number of esters is 3. The number of carbonyl (C=O) groups is 3. The Morgan fingerprint density at radius 1 is 0.288 bits per heavy atom. The van der Waals surface area contributed by atoms with Gasteiger partial charge in [-0.3, -0.25) is 14.4 Å². The van der Waals surface area contributed by atoms with Gasteiger partial charge in [-0.1, -0.05) is 266 Å². The van der Waals surface area contributed by atoms with Gasteiger partial charge in [-0.15, -0.1) is 0 Å². The molecule has 0 saturated carbocycles. The van der Waals surface area contributed by atoms with Crippen LogP contribution >= 0.6 is 0 Å². The smallest absolute Gasteiger partial charge is 0.306 e. The molecule has 0 aromatic rings. The molecule has 73 heavy (non-hydrogen) atoms. The molecule has 0 heterocycles. The highest BCUT2D eigenvalue weighted by atomic mass is 16.6. The summed E-state index contributed by atoms with van der Waals surface area (Å²) in [5.74, 6) is -0.896. The largest absolute Gasteiger partial charge is 0.462 e. The average Bonchev–Trinajstić information content (AvgIpc) is 3.39. The SMILES string of the molecule is CC/C=C\C/C=C\C/C=C\C/C=C\C/C=C\C/C=C\CCCCCCCCCCCCCCCCC(=O)OCC(COC(=O)CCCCCCC)OC(=O)CCCCCCCCC/C=C\C/C=C\CCCCC. The van der Waals surface area contributed by atoms with E-state index in [-0.39, 0.29) is 31.1 Å². The third-order valence-electron chi connectivity index (χ3n) is 13.1. The maximum atomic E-state index is 12.8. The lowest BCUT2D eigenvalue weighted by molar-refractivity contribution is -0.167. The molecule has 0 amide bonds. The van der Waals surface area contributed by atoms with Crippen LogP contribution in [0.15, 0.2) is 97.2 Å². The molecule has 1 unspecified atom stereocenters. The van der Waals surface area contributed by atoms with E-state index in [0.29, 0.717) is 19.3 Å². The monoisotopic (exact) mass is 1010 g/mol. The molecule has 0 aromatic carbocycles. The lowest BCUT2D eigenvalue weighted by Crippen LogP contribution is -2.30. The van der Waals surface area contributed by atoms with E-state index >= 15 is 0 Å². The molecule has 0 radical (unpaired) electrons. The van der Waals surface area contributed by atoms with E-state index in [4.69, 9.17) is 14.2 Å². The summed E-state index contributed by atoms with van der Waals surface area (Å²) in [5, 5.41) is 0. The summed E-state index contributed by atoms with van der Waals surface area (Å²) in [7, 11) is 0. The highest BCUT2D eigenvalue weighted by molar-refractivity contribution is 5.71. The maximum absolute atomic E-state index is 12.8. The van der Waals surface area contributed by atoms with E-state index in [1.807, 2.05) is 0 Å². The molecular formula is C67H114O6. The zero-order valence-electron chi connectivity index (χ0n) is 47.9. The Balaban J connectivity index is 4.00. The molecule has 0 fully saturated rings. The van der Waals surface area contributed by atoms with Crippen molar-refractivity contribution in [3.8, 4) is 0 Å². The first-order valence-electron chi connectivity index (χ1n) is 30.7. The van der Waals surface area contributed by atoms with Gasteiger partial charge in [0.05, 0.1) is 0 Å². The summed E-state index contributed by atoms with van der Waals surface area (Å²) < 4.78 is 16.7. The van der Waals surface area contributed by atoms with Crippen molar-refractivity contribution < 1.29 is 28.6 Å². The van der Waals surface area contributed by atoms with Crippen LogP contribution in [0.2, 0.25) is 0 Å². The lowest BCUT2D eigenvalue weighted by Gasteiger charge is -2.18. The van der Waals surface area contributed by atoms with Crippen LogP contribution in [0.3, 0.4) is 0 Å². The molecule has 0 spiro atoms. The molecule has 6 heteroatoms. The first-order valence-corrected chi connectivity index (χ1v) is 30.7. The highest BCUT2D eigenvalue weighted by Gasteiger charge is 2.19. The molecule has 418 valence electrons. The highest BCUT2D eigenvalue weighted by Crippen LogP contribution is 2.16. The van der Waals surface area contributed by atoms with E-state index in [1.165, 1.54) is 135 Å². The molecule has 6 nitrogen and oxygen atoms in total. The van der Waals surface area contributed by atoms with E-state index < -0.39 is 6.10 Å². The molecule has 0 aromatic heterocycles. The van der Waals surface area contributed by atoms with Gasteiger partial charge in [-0.25, -0.2) is 0 Å². The summed E-state index contributed by atoms with van der Waals surface area (Å²) in [4.78, 5) is 37.8. The second kappa shape index (κ2) is 60.9.